The molecule has 0 aliphatic heterocycles. The first-order valence-electron chi connectivity index (χ1n) is 6.50. The number of rotatable bonds is 3. The maximum Gasteiger partial charge on any atom is 0.335 e. The molecule has 4 nitrogen and oxygen atoms in total. The van der Waals surface area contributed by atoms with E-state index < -0.39 is 5.97 Å². The van der Waals surface area contributed by atoms with E-state index in [4.69, 9.17) is 5.11 Å². The number of anilines is 1. The van der Waals surface area contributed by atoms with Crippen molar-refractivity contribution in [3.05, 3.63) is 49.6 Å². The van der Waals surface area contributed by atoms with Crippen LogP contribution in [0.1, 0.15) is 36.9 Å². The van der Waals surface area contributed by atoms with E-state index in [1.807, 2.05) is 6.07 Å². The maximum atomic E-state index is 12.2. The predicted molar refractivity (Wildman–Crippen MR) is 85.4 cm³/mol. The van der Waals surface area contributed by atoms with Gasteiger partial charge in [-0.2, -0.15) is 0 Å². The van der Waals surface area contributed by atoms with Gasteiger partial charge in [0.05, 0.1) is 10.4 Å². The van der Waals surface area contributed by atoms with E-state index in [0.29, 0.717) is 15.0 Å². The third kappa shape index (κ3) is 3.01. The number of carbonyl (C=O) groups excluding carboxylic acids is 1. The predicted octanol–water partition coefficient (Wildman–Crippen LogP) is 3.95. The quantitative estimate of drug-likeness (QED) is 0.865. The number of benzene rings is 1. The van der Waals surface area contributed by atoms with Gasteiger partial charge in [-0.3, -0.25) is 4.79 Å². The van der Waals surface area contributed by atoms with E-state index in [-0.39, 0.29) is 11.5 Å². The van der Waals surface area contributed by atoms with Gasteiger partial charge in [-0.05, 0) is 49.1 Å². The number of carboxylic acids is 1. The zero-order valence-electron chi connectivity index (χ0n) is 11.0. The molecular formula is C15H12BrNO3S. The molecular weight excluding hydrogens is 354 g/mol. The molecule has 0 saturated carbocycles. The molecule has 0 unspecified atom stereocenters. The highest BCUT2D eigenvalue weighted by Gasteiger charge is 2.18. The van der Waals surface area contributed by atoms with E-state index in [2.05, 4.69) is 21.2 Å². The van der Waals surface area contributed by atoms with Crippen molar-refractivity contribution >= 4 is 44.8 Å². The largest absolute Gasteiger partial charge is 0.478 e. The molecule has 1 aliphatic carbocycles. The fourth-order valence-electron chi connectivity index (χ4n) is 2.42. The summed E-state index contributed by atoms with van der Waals surface area (Å²) in [5, 5.41) is 11.8. The summed E-state index contributed by atoms with van der Waals surface area (Å²) < 4.78 is 0.617. The number of aromatic carboxylic acids is 1. The molecule has 108 valence electrons. The number of fused-ring (bicyclic) bond motifs is 1. The Kier molecular flexibility index (Phi) is 3.82. The van der Waals surface area contributed by atoms with Gasteiger partial charge in [0.2, 0.25) is 0 Å². The smallest absolute Gasteiger partial charge is 0.335 e. The van der Waals surface area contributed by atoms with Crippen LogP contribution in [0.3, 0.4) is 0 Å². The minimum absolute atomic E-state index is 0.133. The number of nitrogens with one attached hydrogen (secondary N) is 1. The van der Waals surface area contributed by atoms with Gasteiger partial charge in [0.25, 0.3) is 5.91 Å². The van der Waals surface area contributed by atoms with E-state index in [1.54, 1.807) is 6.07 Å². The van der Waals surface area contributed by atoms with E-state index >= 15 is 0 Å². The summed E-state index contributed by atoms with van der Waals surface area (Å²) >= 11 is 4.78. The standard InChI is InChI=1S/C15H12BrNO3S/c16-10-4-9(15(19)20)5-11(7-10)17-14(18)13-6-8-2-1-3-12(8)21-13/h4-7H,1-3H2,(H,17,18)(H,19,20). The van der Waals surface area contributed by atoms with Crippen molar-refractivity contribution in [1.29, 1.82) is 0 Å². The molecule has 0 saturated heterocycles. The first-order valence-corrected chi connectivity index (χ1v) is 8.11. The second-order valence-corrected chi connectivity index (χ2v) is 6.95. The number of amides is 1. The number of hydrogen-bond acceptors (Lipinski definition) is 3. The fraction of sp³-hybridized carbons (Fsp3) is 0.200. The van der Waals surface area contributed by atoms with E-state index in [9.17, 15) is 9.59 Å². The first kappa shape index (κ1) is 14.3. The number of aryl methyl sites for hydroxylation is 2. The van der Waals surface area contributed by atoms with Crippen LogP contribution in [-0.2, 0) is 12.8 Å². The first-order chi connectivity index (χ1) is 10.0. The molecule has 2 N–H and O–H groups in total. The lowest BCUT2D eigenvalue weighted by Gasteiger charge is -2.06. The number of halogens is 1. The third-order valence-corrected chi connectivity index (χ3v) is 5.07. The molecule has 1 aliphatic rings. The van der Waals surface area contributed by atoms with Crippen molar-refractivity contribution in [2.24, 2.45) is 0 Å². The van der Waals surface area contributed by atoms with Gasteiger partial charge in [0.1, 0.15) is 0 Å². The van der Waals surface area contributed by atoms with Crippen LogP contribution in [0.5, 0.6) is 0 Å². The molecule has 0 radical (unpaired) electrons. The Morgan fingerprint density at radius 1 is 1.19 bits per heavy atom. The number of carboxylic acid groups (broad SMARTS) is 1. The Balaban J connectivity index is 1.82. The summed E-state index contributed by atoms with van der Waals surface area (Å²) in [6.07, 6.45) is 3.25. The lowest BCUT2D eigenvalue weighted by atomic mass is 10.2. The summed E-state index contributed by atoms with van der Waals surface area (Å²) in [6, 6.07) is 6.58. The lowest BCUT2D eigenvalue weighted by molar-refractivity contribution is 0.0696. The van der Waals surface area contributed by atoms with Gasteiger partial charge in [0.15, 0.2) is 0 Å². The summed E-state index contributed by atoms with van der Waals surface area (Å²) in [5.74, 6) is -1.22. The average molecular weight is 366 g/mol. The second-order valence-electron chi connectivity index (χ2n) is 4.90. The van der Waals surface area contributed by atoms with Gasteiger partial charge in [-0.1, -0.05) is 15.9 Å². The van der Waals surface area contributed by atoms with E-state index in [0.717, 1.165) is 19.3 Å². The molecule has 0 spiro atoms. The Bertz CT molecular complexity index is 717. The van der Waals surface area contributed by atoms with Crippen LogP contribution < -0.4 is 5.32 Å². The summed E-state index contributed by atoms with van der Waals surface area (Å²) in [5.41, 5.74) is 1.87. The van der Waals surface area contributed by atoms with Gasteiger partial charge in [-0.25, -0.2) is 4.79 Å². The molecule has 1 amide bonds. The fourth-order valence-corrected chi connectivity index (χ4v) is 4.06. The molecule has 1 aromatic heterocycles. The summed E-state index contributed by atoms with van der Waals surface area (Å²) in [6.45, 7) is 0. The van der Waals surface area contributed by atoms with Crippen LogP contribution in [0.25, 0.3) is 0 Å². The van der Waals surface area contributed by atoms with Gasteiger partial charge in [0, 0.05) is 15.0 Å². The SMILES string of the molecule is O=C(O)c1cc(Br)cc(NC(=O)c2cc3c(s2)CCC3)c1. The minimum atomic E-state index is -1.03. The topological polar surface area (TPSA) is 66.4 Å². The van der Waals surface area contributed by atoms with Crippen LogP contribution in [0.15, 0.2) is 28.7 Å². The highest BCUT2D eigenvalue weighted by molar-refractivity contribution is 9.10. The molecule has 2 aromatic rings. The van der Waals surface area contributed by atoms with Crippen LogP contribution in [-0.4, -0.2) is 17.0 Å². The van der Waals surface area contributed by atoms with Gasteiger partial charge < -0.3 is 10.4 Å². The highest BCUT2D eigenvalue weighted by atomic mass is 79.9. The molecule has 1 aromatic carbocycles. The molecule has 6 heteroatoms. The average Bonchev–Trinajstić information content (AvgIpc) is 2.98. The van der Waals surface area contributed by atoms with Gasteiger partial charge >= 0.3 is 5.97 Å². The van der Waals surface area contributed by atoms with Crippen molar-refractivity contribution in [2.45, 2.75) is 19.3 Å². The second kappa shape index (κ2) is 5.61. The molecule has 0 bridgehead atoms. The number of carbonyl (C=O) groups is 2. The summed E-state index contributed by atoms with van der Waals surface area (Å²) in [4.78, 5) is 25.2. The molecule has 1 heterocycles. The van der Waals surface area contributed by atoms with Crippen molar-refractivity contribution in [3.8, 4) is 0 Å². The molecule has 21 heavy (non-hydrogen) atoms. The zero-order valence-corrected chi connectivity index (χ0v) is 13.4. The molecule has 3 rings (SSSR count). The monoisotopic (exact) mass is 365 g/mol. The van der Waals surface area contributed by atoms with Crippen LogP contribution in [0.4, 0.5) is 5.69 Å². The normalized spacial score (nSPS) is 13.0. The van der Waals surface area contributed by atoms with Crippen molar-refractivity contribution < 1.29 is 14.7 Å². The van der Waals surface area contributed by atoms with Crippen molar-refractivity contribution in [3.63, 3.8) is 0 Å². The number of thiophene rings is 1. The van der Waals surface area contributed by atoms with Crippen LogP contribution in [0.2, 0.25) is 0 Å². The minimum Gasteiger partial charge on any atom is -0.478 e. The third-order valence-electron chi connectivity index (χ3n) is 3.37. The van der Waals surface area contributed by atoms with Crippen molar-refractivity contribution in [1.82, 2.24) is 0 Å². The summed E-state index contributed by atoms with van der Waals surface area (Å²) in [7, 11) is 0. The highest BCUT2D eigenvalue weighted by Crippen LogP contribution is 2.31. The Morgan fingerprint density at radius 3 is 2.71 bits per heavy atom. The Morgan fingerprint density at radius 2 is 2.00 bits per heavy atom. The molecule has 0 fully saturated rings. The van der Waals surface area contributed by atoms with E-state index in [1.165, 1.54) is 33.9 Å². The van der Waals surface area contributed by atoms with Crippen LogP contribution in [0, 0.1) is 0 Å². The van der Waals surface area contributed by atoms with Gasteiger partial charge in [-0.15, -0.1) is 11.3 Å². The molecule has 0 atom stereocenters. The van der Waals surface area contributed by atoms with Crippen LogP contribution >= 0.6 is 27.3 Å². The Hall–Kier alpha value is -1.66. The lowest BCUT2D eigenvalue weighted by Crippen LogP contribution is -2.11. The Labute approximate surface area is 133 Å². The number of hydrogen-bond donors (Lipinski definition) is 2. The zero-order chi connectivity index (χ0) is 15.0. The van der Waals surface area contributed by atoms with Crippen molar-refractivity contribution in [2.75, 3.05) is 5.32 Å². The maximum absolute atomic E-state index is 12.2.